The SMILES string of the molecule is COc1cc(C2CCC(=O)NC2=O)ccc1N1CCN(CCN2CCC(n3cc(Nc4ncc(-c5cc(C)c(F)cc5F)n5ccnc45)cn3)CC2)CC1. The van der Waals surface area contributed by atoms with E-state index in [1.807, 2.05) is 29.1 Å². The Kier molecular flexibility index (Phi) is 9.99. The van der Waals surface area contributed by atoms with Crippen molar-refractivity contribution in [1.29, 1.82) is 0 Å². The number of halogens is 2. The van der Waals surface area contributed by atoms with Crippen molar-refractivity contribution in [2.75, 3.05) is 69.7 Å². The smallest absolute Gasteiger partial charge is 0.234 e. The first-order valence-electron chi connectivity index (χ1n) is 18.5. The Balaban J connectivity index is 0.810. The summed E-state index contributed by atoms with van der Waals surface area (Å²) in [5.74, 6) is -0.760. The summed E-state index contributed by atoms with van der Waals surface area (Å²) in [4.78, 5) is 40.4. The van der Waals surface area contributed by atoms with Crippen molar-refractivity contribution >= 4 is 34.7 Å². The number of piperazine rings is 1. The summed E-state index contributed by atoms with van der Waals surface area (Å²) in [5, 5.41) is 10.4. The van der Waals surface area contributed by atoms with Gasteiger partial charge in [-0.05, 0) is 55.5 Å². The van der Waals surface area contributed by atoms with E-state index in [9.17, 15) is 18.4 Å². The van der Waals surface area contributed by atoms with Gasteiger partial charge < -0.3 is 19.9 Å². The van der Waals surface area contributed by atoms with Crippen LogP contribution in [0.2, 0.25) is 0 Å². The van der Waals surface area contributed by atoms with E-state index in [0.29, 0.717) is 41.6 Å². The van der Waals surface area contributed by atoms with Gasteiger partial charge in [-0.2, -0.15) is 5.10 Å². The lowest BCUT2D eigenvalue weighted by molar-refractivity contribution is -0.134. The molecule has 0 aliphatic carbocycles. The molecule has 0 bridgehead atoms. The Labute approximate surface area is 311 Å². The number of rotatable bonds is 10. The van der Waals surface area contributed by atoms with Crippen LogP contribution in [0.1, 0.15) is 48.8 Å². The third-order valence-electron chi connectivity index (χ3n) is 11.0. The van der Waals surface area contributed by atoms with E-state index >= 15 is 0 Å². The van der Waals surface area contributed by atoms with Crippen LogP contribution in [0.4, 0.5) is 26.0 Å². The normalized spacial score (nSPS) is 19.0. The molecule has 0 saturated carbocycles. The number of amides is 2. The molecule has 5 aromatic rings. The van der Waals surface area contributed by atoms with E-state index in [-0.39, 0.29) is 23.3 Å². The number of nitrogens with zero attached hydrogens (tertiary/aromatic N) is 8. The summed E-state index contributed by atoms with van der Waals surface area (Å²) in [6, 6.07) is 8.66. The summed E-state index contributed by atoms with van der Waals surface area (Å²) < 4.78 is 38.2. The third-order valence-corrected chi connectivity index (χ3v) is 11.0. The van der Waals surface area contributed by atoms with Crippen molar-refractivity contribution in [1.82, 2.24) is 39.3 Å². The van der Waals surface area contributed by atoms with Crippen LogP contribution < -0.4 is 20.3 Å². The molecule has 282 valence electrons. The number of likely N-dealkylation sites (tertiary alicyclic amines) is 1. The number of piperidine rings is 2. The summed E-state index contributed by atoms with van der Waals surface area (Å²) in [5.41, 5.74) is 4.31. The van der Waals surface area contributed by atoms with Crippen molar-refractivity contribution < 1.29 is 23.1 Å². The standard InChI is InChI=1S/C39H44F2N10O3/c1-25-19-30(32(41)21-31(25)40)34-23-43-37(38-42-9-12-50(34)38)45-27-22-44-51(24-27)28-7-10-47(11-8-28)13-14-48-15-17-49(18-16-48)33-5-3-26(20-35(33)54-2)29-4-6-36(52)46-39(29)53/h3,5,9,12,19-24,28-29H,4,6-8,10-11,13-18H2,1-2H3,(H,43,45)(H,46,52,53). The van der Waals surface area contributed by atoms with Gasteiger partial charge >= 0.3 is 0 Å². The van der Waals surface area contributed by atoms with Gasteiger partial charge in [0.2, 0.25) is 11.8 Å². The quantitative estimate of drug-likeness (QED) is 0.191. The highest BCUT2D eigenvalue weighted by Gasteiger charge is 2.30. The lowest BCUT2D eigenvalue weighted by Crippen LogP contribution is -2.49. The Bertz CT molecular complexity index is 2170. The number of fused-ring (bicyclic) bond motifs is 1. The molecule has 2 aromatic carbocycles. The first-order valence-corrected chi connectivity index (χ1v) is 18.5. The molecule has 3 saturated heterocycles. The number of nitrogens with one attached hydrogen (secondary N) is 2. The number of hydrogen-bond acceptors (Lipinski definition) is 10. The summed E-state index contributed by atoms with van der Waals surface area (Å²) in [7, 11) is 1.66. The number of imidazole rings is 1. The molecule has 2 amide bonds. The minimum atomic E-state index is -0.656. The van der Waals surface area contributed by atoms with Gasteiger partial charge in [0.05, 0.1) is 48.5 Å². The summed E-state index contributed by atoms with van der Waals surface area (Å²) >= 11 is 0. The second-order valence-electron chi connectivity index (χ2n) is 14.4. The molecule has 0 spiro atoms. The molecule has 3 aromatic heterocycles. The molecule has 1 atom stereocenters. The Morgan fingerprint density at radius 1 is 0.926 bits per heavy atom. The highest BCUT2D eigenvalue weighted by molar-refractivity contribution is 6.01. The van der Waals surface area contributed by atoms with Gasteiger partial charge in [0.1, 0.15) is 17.4 Å². The third kappa shape index (κ3) is 7.25. The monoisotopic (exact) mass is 738 g/mol. The van der Waals surface area contributed by atoms with Crippen molar-refractivity contribution in [3.8, 4) is 17.0 Å². The van der Waals surface area contributed by atoms with Crippen molar-refractivity contribution in [3.63, 3.8) is 0 Å². The average molecular weight is 739 g/mol. The average Bonchev–Trinajstić information content (AvgIpc) is 3.87. The fourth-order valence-electron chi connectivity index (χ4n) is 7.89. The van der Waals surface area contributed by atoms with Crippen LogP contribution in [0, 0.1) is 18.6 Å². The van der Waals surface area contributed by atoms with Crippen molar-refractivity contribution in [2.45, 2.75) is 44.6 Å². The van der Waals surface area contributed by atoms with E-state index in [4.69, 9.17) is 4.74 Å². The fourth-order valence-corrected chi connectivity index (χ4v) is 7.89. The Hall–Kier alpha value is -5.41. The lowest BCUT2D eigenvalue weighted by Gasteiger charge is -2.38. The van der Waals surface area contributed by atoms with Crippen LogP contribution in [-0.2, 0) is 9.59 Å². The molecule has 3 aliphatic heterocycles. The van der Waals surface area contributed by atoms with E-state index in [1.165, 1.54) is 6.07 Å². The molecular weight excluding hydrogens is 694 g/mol. The maximum atomic E-state index is 14.7. The van der Waals surface area contributed by atoms with Gasteiger partial charge in [-0.25, -0.2) is 18.7 Å². The predicted molar refractivity (Wildman–Crippen MR) is 200 cm³/mol. The minimum Gasteiger partial charge on any atom is -0.495 e. The molecule has 1 unspecified atom stereocenters. The molecular formula is C39H44F2N10O3. The predicted octanol–water partition coefficient (Wildman–Crippen LogP) is 4.91. The van der Waals surface area contributed by atoms with E-state index in [2.05, 4.69) is 40.4 Å². The van der Waals surface area contributed by atoms with E-state index < -0.39 is 11.6 Å². The zero-order valence-corrected chi connectivity index (χ0v) is 30.5. The molecule has 6 heterocycles. The Morgan fingerprint density at radius 2 is 1.70 bits per heavy atom. The number of aryl methyl sites for hydroxylation is 1. The van der Waals surface area contributed by atoms with Crippen LogP contribution >= 0.6 is 0 Å². The van der Waals surface area contributed by atoms with Gasteiger partial charge in [0, 0.05) is 89.0 Å². The van der Waals surface area contributed by atoms with Gasteiger partial charge in [0.15, 0.2) is 11.5 Å². The molecule has 2 N–H and O–H groups in total. The first kappa shape index (κ1) is 35.6. The second kappa shape index (κ2) is 15.1. The maximum absolute atomic E-state index is 14.7. The highest BCUT2D eigenvalue weighted by Crippen LogP contribution is 2.35. The second-order valence-corrected chi connectivity index (χ2v) is 14.4. The van der Waals surface area contributed by atoms with Gasteiger partial charge in [0.25, 0.3) is 0 Å². The lowest BCUT2D eigenvalue weighted by atomic mass is 9.90. The number of hydrogen-bond donors (Lipinski definition) is 2. The number of carbonyl (C=O) groups excluding carboxylic acids is 2. The maximum Gasteiger partial charge on any atom is 0.234 e. The number of benzene rings is 2. The number of carbonyl (C=O) groups is 2. The van der Waals surface area contributed by atoms with Gasteiger partial charge in [-0.3, -0.25) is 28.9 Å². The zero-order valence-electron chi connectivity index (χ0n) is 30.5. The molecule has 8 rings (SSSR count). The first-order chi connectivity index (χ1) is 26.2. The highest BCUT2D eigenvalue weighted by atomic mass is 19.1. The molecule has 54 heavy (non-hydrogen) atoms. The van der Waals surface area contributed by atoms with Crippen LogP contribution in [0.25, 0.3) is 16.9 Å². The zero-order chi connectivity index (χ0) is 37.3. The number of aromatic nitrogens is 5. The molecule has 13 nitrogen and oxygen atoms in total. The van der Waals surface area contributed by atoms with E-state index in [0.717, 1.165) is 94.0 Å². The summed E-state index contributed by atoms with van der Waals surface area (Å²) in [6.07, 6.45) is 11.6. The molecule has 0 radical (unpaired) electrons. The van der Waals surface area contributed by atoms with Crippen LogP contribution in [0.5, 0.6) is 5.75 Å². The topological polar surface area (TPSA) is 125 Å². The number of ether oxygens (including phenoxy) is 1. The number of imide groups is 1. The van der Waals surface area contributed by atoms with Crippen molar-refractivity contribution in [3.05, 3.63) is 84.1 Å². The molecule has 3 fully saturated rings. The number of methoxy groups -OCH3 is 1. The van der Waals surface area contributed by atoms with Gasteiger partial charge in [-0.15, -0.1) is 0 Å². The van der Waals surface area contributed by atoms with Gasteiger partial charge in [-0.1, -0.05) is 6.07 Å². The largest absolute Gasteiger partial charge is 0.495 e. The number of anilines is 3. The molecule has 3 aliphatic rings. The van der Waals surface area contributed by atoms with Crippen molar-refractivity contribution in [2.24, 2.45) is 0 Å². The van der Waals surface area contributed by atoms with Crippen LogP contribution in [-0.4, -0.2) is 105 Å². The van der Waals surface area contributed by atoms with E-state index in [1.54, 1.807) is 43.2 Å². The van der Waals surface area contributed by atoms with Crippen LogP contribution in [0.15, 0.2) is 61.3 Å². The fraction of sp³-hybridized carbons (Fsp3) is 0.410. The minimum absolute atomic E-state index is 0.211. The summed E-state index contributed by atoms with van der Waals surface area (Å²) in [6.45, 7) is 9.35. The molecule has 15 heteroatoms. The van der Waals surface area contributed by atoms with Crippen LogP contribution in [0.3, 0.4) is 0 Å². The Morgan fingerprint density at radius 3 is 2.46 bits per heavy atom.